The number of aromatic nitrogens is 4. The highest BCUT2D eigenvalue weighted by Gasteiger charge is 2.22. The second kappa shape index (κ2) is 9.42. The lowest BCUT2D eigenvalue weighted by molar-refractivity contribution is -0.119. The van der Waals surface area contributed by atoms with Gasteiger partial charge in [0, 0.05) is 19.6 Å². The van der Waals surface area contributed by atoms with Gasteiger partial charge >= 0.3 is 0 Å². The van der Waals surface area contributed by atoms with Crippen molar-refractivity contribution in [3.05, 3.63) is 24.5 Å². The number of carbonyl (C=O) groups excluding carboxylic acids is 1. The number of imidazole rings is 1. The van der Waals surface area contributed by atoms with E-state index in [0.29, 0.717) is 22.6 Å². The molecule has 3 heterocycles. The van der Waals surface area contributed by atoms with E-state index in [1.54, 1.807) is 20.5 Å². The van der Waals surface area contributed by atoms with Crippen LogP contribution >= 0.6 is 11.8 Å². The summed E-state index contributed by atoms with van der Waals surface area (Å²) in [5.41, 5.74) is 6.68. The number of anilines is 1. The lowest BCUT2D eigenvalue weighted by Crippen LogP contribution is -2.32. The molecular formula is C21H26N6O3S. The number of methoxy groups -OCH3 is 2. The standard InChI is InChI=1S/C21H26N6O3S/c1-29-15-3-4-16(30-2)17(11-15)31-21-24-18-19(22)23-12-27(20(18)25-21)10-7-14-5-8-26(13-28)9-6-14/h3-4,11-14H,5-10,22H2,1-2H3. The summed E-state index contributed by atoms with van der Waals surface area (Å²) in [5.74, 6) is 3.12. The highest BCUT2D eigenvalue weighted by molar-refractivity contribution is 7.99. The van der Waals surface area contributed by atoms with Gasteiger partial charge in [-0.2, -0.15) is 0 Å². The van der Waals surface area contributed by atoms with E-state index < -0.39 is 0 Å². The molecule has 1 fully saturated rings. The second-order valence-electron chi connectivity index (χ2n) is 7.49. The fourth-order valence-corrected chi connectivity index (χ4v) is 4.67. The summed E-state index contributed by atoms with van der Waals surface area (Å²) in [5, 5.41) is 0.578. The van der Waals surface area contributed by atoms with Crippen LogP contribution in [0.25, 0.3) is 11.5 Å². The van der Waals surface area contributed by atoms with E-state index in [2.05, 4.69) is 9.97 Å². The number of fused-ring (bicyclic) bond motifs is 1. The third-order valence-corrected chi connectivity index (χ3v) is 6.52. The molecule has 0 unspecified atom stereocenters. The Morgan fingerprint density at radius 3 is 2.74 bits per heavy atom. The first-order valence-corrected chi connectivity index (χ1v) is 11.0. The topological polar surface area (TPSA) is 108 Å². The number of likely N-dealkylation sites (tertiary alicyclic amines) is 1. The molecule has 164 valence electrons. The average Bonchev–Trinajstić information content (AvgIpc) is 3.23. The number of benzene rings is 1. The van der Waals surface area contributed by atoms with Gasteiger partial charge < -0.3 is 24.7 Å². The summed E-state index contributed by atoms with van der Waals surface area (Å²) < 4.78 is 12.8. The number of hydrogen-bond acceptors (Lipinski definition) is 8. The van der Waals surface area contributed by atoms with Crippen molar-refractivity contribution < 1.29 is 14.3 Å². The minimum absolute atomic E-state index is 0.363. The Morgan fingerprint density at radius 2 is 2.03 bits per heavy atom. The third kappa shape index (κ3) is 4.68. The molecule has 1 aromatic rings. The van der Waals surface area contributed by atoms with Crippen molar-refractivity contribution in [2.24, 2.45) is 5.92 Å². The van der Waals surface area contributed by atoms with Gasteiger partial charge in [0.15, 0.2) is 22.5 Å². The van der Waals surface area contributed by atoms with Crippen molar-refractivity contribution in [3.8, 4) is 23.0 Å². The molecule has 3 aliphatic heterocycles. The Balaban J connectivity index is 1.53. The lowest BCUT2D eigenvalue weighted by atomic mass is 9.94. The first kappa shape index (κ1) is 21.2. The molecular weight excluding hydrogens is 416 g/mol. The van der Waals surface area contributed by atoms with Gasteiger partial charge in [0.25, 0.3) is 0 Å². The van der Waals surface area contributed by atoms with Crippen LogP contribution in [0.1, 0.15) is 19.3 Å². The first-order valence-electron chi connectivity index (χ1n) is 10.2. The Labute approximate surface area is 185 Å². The monoisotopic (exact) mass is 442 g/mol. The van der Waals surface area contributed by atoms with E-state index in [1.807, 2.05) is 27.7 Å². The molecule has 0 aromatic heterocycles. The Hall–Kier alpha value is -3.01. The van der Waals surface area contributed by atoms with Crippen molar-refractivity contribution >= 4 is 24.0 Å². The number of hydrogen-bond donors (Lipinski definition) is 1. The minimum Gasteiger partial charge on any atom is -0.497 e. The van der Waals surface area contributed by atoms with Gasteiger partial charge in [0.05, 0.1) is 25.4 Å². The number of nitrogen functional groups attached to an aromatic ring is 1. The molecule has 0 radical (unpaired) electrons. The number of piperidine rings is 1. The third-order valence-electron chi connectivity index (χ3n) is 5.62. The Morgan fingerprint density at radius 1 is 1.23 bits per heavy atom. The van der Waals surface area contributed by atoms with Crippen LogP contribution in [0.5, 0.6) is 11.5 Å². The van der Waals surface area contributed by atoms with Gasteiger partial charge in [-0.25, -0.2) is 15.0 Å². The van der Waals surface area contributed by atoms with Crippen LogP contribution < -0.4 is 15.2 Å². The first-order chi connectivity index (χ1) is 15.1. The number of amides is 1. The van der Waals surface area contributed by atoms with Crippen LogP contribution in [0.3, 0.4) is 0 Å². The van der Waals surface area contributed by atoms with Crippen molar-refractivity contribution in [1.29, 1.82) is 0 Å². The van der Waals surface area contributed by atoms with Gasteiger partial charge in [-0.15, -0.1) is 0 Å². The SMILES string of the molecule is COc1ccc(OC)c(Sc2nc3c(N)ncn(CCC4CCN(C=O)CC4)c-3n2)c1. The van der Waals surface area contributed by atoms with E-state index in [0.717, 1.165) is 67.5 Å². The highest BCUT2D eigenvalue weighted by atomic mass is 32.2. The zero-order valence-electron chi connectivity index (χ0n) is 17.7. The van der Waals surface area contributed by atoms with E-state index in [4.69, 9.17) is 20.2 Å². The second-order valence-corrected chi connectivity index (χ2v) is 8.50. The molecule has 1 amide bonds. The van der Waals surface area contributed by atoms with Crippen LogP contribution in [0, 0.1) is 5.92 Å². The maximum Gasteiger partial charge on any atom is 0.209 e. The Bertz CT molecular complexity index is 1020. The van der Waals surface area contributed by atoms with Crippen LogP contribution in [-0.4, -0.2) is 58.1 Å². The highest BCUT2D eigenvalue weighted by Crippen LogP contribution is 2.38. The molecule has 1 saturated heterocycles. The number of ether oxygens (including phenoxy) is 2. The molecule has 1 aromatic carbocycles. The maximum absolute atomic E-state index is 10.9. The van der Waals surface area contributed by atoms with E-state index in [-0.39, 0.29) is 0 Å². The number of aryl methyl sites for hydroxylation is 1. The summed E-state index contributed by atoms with van der Waals surface area (Å²) in [6, 6.07) is 5.60. The molecule has 2 N–H and O–H groups in total. The summed E-state index contributed by atoms with van der Waals surface area (Å²) in [6.07, 6.45) is 5.71. The van der Waals surface area contributed by atoms with Crippen molar-refractivity contribution in [3.63, 3.8) is 0 Å². The molecule has 0 saturated carbocycles. The molecule has 0 bridgehead atoms. The minimum atomic E-state index is 0.363. The summed E-state index contributed by atoms with van der Waals surface area (Å²) in [7, 11) is 3.26. The fraction of sp³-hybridized carbons (Fsp3) is 0.429. The predicted octanol–water partition coefficient (Wildman–Crippen LogP) is 2.79. The van der Waals surface area contributed by atoms with Crippen LogP contribution in [0.15, 0.2) is 34.6 Å². The van der Waals surface area contributed by atoms with Crippen molar-refractivity contribution in [2.45, 2.75) is 35.9 Å². The predicted molar refractivity (Wildman–Crippen MR) is 117 cm³/mol. The van der Waals surface area contributed by atoms with Crippen molar-refractivity contribution in [1.82, 2.24) is 24.4 Å². The summed E-state index contributed by atoms with van der Waals surface area (Å²) in [6.45, 7) is 2.43. The molecule has 31 heavy (non-hydrogen) atoms. The molecule has 3 aliphatic rings. The largest absolute Gasteiger partial charge is 0.497 e. The number of nitrogens with zero attached hydrogens (tertiary/aromatic N) is 5. The quantitative estimate of drug-likeness (QED) is 0.531. The van der Waals surface area contributed by atoms with E-state index in [1.165, 1.54) is 11.8 Å². The number of carbonyl (C=O) groups is 1. The summed E-state index contributed by atoms with van der Waals surface area (Å²) in [4.78, 5) is 27.3. The molecule has 0 spiro atoms. The maximum atomic E-state index is 10.9. The molecule has 0 aliphatic carbocycles. The van der Waals surface area contributed by atoms with Gasteiger partial charge in [-0.05, 0) is 55.1 Å². The lowest BCUT2D eigenvalue weighted by Gasteiger charge is -2.29. The van der Waals surface area contributed by atoms with Gasteiger partial charge in [-0.3, -0.25) is 4.79 Å². The number of nitrogens with two attached hydrogens (primary N) is 1. The van der Waals surface area contributed by atoms with Crippen LogP contribution in [-0.2, 0) is 11.3 Å². The normalized spacial score (nSPS) is 14.7. The van der Waals surface area contributed by atoms with E-state index in [9.17, 15) is 4.79 Å². The van der Waals surface area contributed by atoms with Crippen LogP contribution in [0.2, 0.25) is 0 Å². The smallest absolute Gasteiger partial charge is 0.209 e. The molecule has 10 heteroatoms. The Kier molecular flexibility index (Phi) is 6.45. The van der Waals surface area contributed by atoms with Gasteiger partial charge in [0.1, 0.15) is 11.5 Å². The van der Waals surface area contributed by atoms with Gasteiger partial charge in [0.2, 0.25) is 6.41 Å². The van der Waals surface area contributed by atoms with Crippen LogP contribution in [0.4, 0.5) is 5.82 Å². The molecule has 4 rings (SSSR count). The zero-order chi connectivity index (χ0) is 21.8. The molecule has 0 atom stereocenters. The number of rotatable bonds is 8. The van der Waals surface area contributed by atoms with Crippen molar-refractivity contribution in [2.75, 3.05) is 33.0 Å². The fourth-order valence-electron chi connectivity index (χ4n) is 3.77. The average molecular weight is 443 g/mol. The van der Waals surface area contributed by atoms with E-state index >= 15 is 0 Å². The van der Waals surface area contributed by atoms with Gasteiger partial charge in [-0.1, -0.05) is 0 Å². The summed E-state index contributed by atoms with van der Waals surface area (Å²) >= 11 is 1.40. The molecule has 9 nitrogen and oxygen atoms in total. The zero-order valence-corrected chi connectivity index (χ0v) is 18.5.